The molecular formula is C19H23NO2. The van der Waals surface area contributed by atoms with Crippen LogP contribution in [0.25, 0.3) is 0 Å². The van der Waals surface area contributed by atoms with Crippen molar-refractivity contribution in [3.8, 4) is 5.75 Å². The molecule has 3 nitrogen and oxygen atoms in total. The SMILES string of the molecule is CCCCO/N=C/COc1ccc(Cc2ccccc2)cc1. The lowest BCUT2D eigenvalue weighted by molar-refractivity contribution is 0.141. The van der Waals surface area contributed by atoms with E-state index in [-0.39, 0.29) is 0 Å². The molecule has 0 aromatic heterocycles. The summed E-state index contributed by atoms with van der Waals surface area (Å²) >= 11 is 0. The van der Waals surface area contributed by atoms with Gasteiger partial charge in [-0.2, -0.15) is 0 Å². The van der Waals surface area contributed by atoms with E-state index in [1.54, 1.807) is 6.21 Å². The number of hydrogen-bond acceptors (Lipinski definition) is 3. The topological polar surface area (TPSA) is 30.8 Å². The number of ether oxygens (including phenoxy) is 1. The van der Waals surface area contributed by atoms with Gasteiger partial charge in [0.05, 0.1) is 6.21 Å². The van der Waals surface area contributed by atoms with Crippen LogP contribution < -0.4 is 4.74 Å². The summed E-state index contributed by atoms with van der Waals surface area (Å²) in [6.45, 7) is 3.21. The van der Waals surface area contributed by atoms with Gasteiger partial charge in [-0.1, -0.05) is 61.0 Å². The van der Waals surface area contributed by atoms with Crippen molar-refractivity contribution < 1.29 is 9.57 Å². The van der Waals surface area contributed by atoms with Crippen molar-refractivity contribution in [3.05, 3.63) is 65.7 Å². The number of rotatable bonds is 9. The zero-order valence-corrected chi connectivity index (χ0v) is 13.1. The molecule has 116 valence electrons. The minimum absolute atomic E-state index is 0.421. The van der Waals surface area contributed by atoms with E-state index in [2.05, 4.69) is 48.5 Å². The fourth-order valence-corrected chi connectivity index (χ4v) is 2.01. The molecule has 0 radical (unpaired) electrons. The molecule has 0 saturated carbocycles. The number of oxime groups is 1. The maximum absolute atomic E-state index is 5.59. The summed E-state index contributed by atoms with van der Waals surface area (Å²) in [6.07, 6.45) is 4.73. The molecule has 0 bridgehead atoms. The fourth-order valence-electron chi connectivity index (χ4n) is 2.01. The summed E-state index contributed by atoms with van der Waals surface area (Å²) in [6, 6.07) is 18.6. The van der Waals surface area contributed by atoms with Gasteiger partial charge in [-0.15, -0.1) is 0 Å². The highest BCUT2D eigenvalue weighted by atomic mass is 16.6. The van der Waals surface area contributed by atoms with Crippen molar-refractivity contribution in [2.75, 3.05) is 13.2 Å². The first-order chi connectivity index (χ1) is 10.9. The number of hydrogen-bond donors (Lipinski definition) is 0. The Morgan fingerprint density at radius 3 is 2.41 bits per heavy atom. The molecule has 2 aromatic rings. The Morgan fingerprint density at radius 2 is 1.68 bits per heavy atom. The Balaban J connectivity index is 1.73. The average molecular weight is 297 g/mol. The molecule has 22 heavy (non-hydrogen) atoms. The maximum Gasteiger partial charge on any atom is 0.127 e. The second kappa shape index (κ2) is 9.61. The first kappa shape index (κ1) is 16.1. The summed E-state index contributed by atoms with van der Waals surface area (Å²) in [4.78, 5) is 5.09. The van der Waals surface area contributed by atoms with E-state index in [9.17, 15) is 0 Å². The number of unbranched alkanes of at least 4 members (excludes halogenated alkanes) is 1. The monoisotopic (exact) mass is 297 g/mol. The molecule has 0 aliphatic heterocycles. The van der Waals surface area contributed by atoms with Crippen LogP contribution in [0.1, 0.15) is 30.9 Å². The lowest BCUT2D eigenvalue weighted by Crippen LogP contribution is -1.99. The smallest absolute Gasteiger partial charge is 0.127 e. The van der Waals surface area contributed by atoms with Crippen LogP contribution in [0.3, 0.4) is 0 Å². The van der Waals surface area contributed by atoms with Gasteiger partial charge >= 0.3 is 0 Å². The highest BCUT2D eigenvalue weighted by Crippen LogP contribution is 2.15. The van der Waals surface area contributed by atoms with Crippen molar-refractivity contribution in [2.45, 2.75) is 26.2 Å². The summed E-state index contributed by atoms with van der Waals surface area (Å²) in [7, 11) is 0. The van der Waals surface area contributed by atoms with Gasteiger partial charge in [0.1, 0.15) is 19.0 Å². The van der Waals surface area contributed by atoms with E-state index in [0.717, 1.165) is 25.0 Å². The third-order valence-electron chi connectivity index (χ3n) is 3.24. The highest BCUT2D eigenvalue weighted by molar-refractivity contribution is 5.58. The predicted octanol–water partition coefficient (Wildman–Crippen LogP) is 4.46. The van der Waals surface area contributed by atoms with Crippen LogP contribution in [0.4, 0.5) is 0 Å². The van der Waals surface area contributed by atoms with Crippen molar-refractivity contribution >= 4 is 6.21 Å². The predicted molar refractivity (Wildman–Crippen MR) is 90.5 cm³/mol. The fraction of sp³-hybridized carbons (Fsp3) is 0.316. The maximum atomic E-state index is 5.59. The Hall–Kier alpha value is -2.29. The largest absolute Gasteiger partial charge is 0.488 e. The van der Waals surface area contributed by atoms with Crippen LogP contribution in [-0.4, -0.2) is 19.4 Å². The molecule has 0 atom stereocenters. The Morgan fingerprint density at radius 1 is 0.955 bits per heavy atom. The van der Waals surface area contributed by atoms with Crippen molar-refractivity contribution in [2.24, 2.45) is 5.16 Å². The van der Waals surface area contributed by atoms with Gasteiger partial charge in [-0.25, -0.2) is 0 Å². The molecule has 0 heterocycles. The normalized spacial score (nSPS) is 10.8. The van der Waals surface area contributed by atoms with Crippen LogP contribution in [0.15, 0.2) is 59.8 Å². The van der Waals surface area contributed by atoms with E-state index < -0.39 is 0 Å². The third-order valence-corrected chi connectivity index (χ3v) is 3.24. The Labute approximate surface area is 132 Å². The van der Waals surface area contributed by atoms with Crippen molar-refractivity contribution in [3.63, 3.8) is 0 Å². The molecule has 0 aliphatic rings. The standard InChI is InChI=1S/C19H23NO2/c1-2-3-14-22-20-13-15-21-19-11-9-18(10-12-19)16-17-7-5-4-6-8-17/h4-13H,2-3,14-16H2,1H3/b20-13+. The van der Waals surface area contributed by atoms with Crippen LogP contribution in [-0.2, 0) is 11.3 Å². The van der Waals surface area contributed by atoms with Crippen molar-refractivity contribution in [1.82, 2.24) is 0 Å². The summed E-state index contributed by atoms with van der Waals surface area (Å²) in [5.74, 6) is 0.844. The van der Waals surface area contributed by atoms with E-state index >= 15 is 0 Å². The Bertz CT molecular complexity index is 549. The van der Waals surface area contributed by atoms with Gasteiger partial charge in [0, 0.05) is 0 Å². The van der Waals surface area contributed by atoms with Crippen molar-refractivity contribution in [1.29, 1.82) is 0 Å². The van der Waals surface area contributed by atoms with Gasteiger partial charge in [-0.3, -0.25) is 0 Å². The first-order valence-corrected chi connectivity index (χ1v) is 7.78. The molecule has 0 spiro atoms. The lowest BCUT2D eigenvalue weighted by Gasteiger charge is -2.05. The molecule has 2 aromatic carbocycles. The second-order valence-corrected chi connectivity index (χ2v) is 5.09. The number of nitrogens with zero attached hydrogens (tertiary/aromatic N) is 1. The Kier molecular flexibility index (Phi) is 7.03. The van der Waals surface area contributed by atoms with Crippen LogP contribution in [0.2, 0.25) is 0 Å². The van der Waals surface area contributed by atoms with Crippen LogP contribution >= 0.6 is 0 Å². The van der Waals surface area contributed by atoms with E-state index in [1.807, 2.05) is 18.2 Å². The molecule has 0 fully saturated rings. The molecule has 0 unspecified atom stereocenters. The van der Waals surface area contributed by atoms with Crippen LogP contribution in [0, 0.1) is 0 Å². The molecule has 0 aliphatic carbocycles. The minimum atomic E-state index is 0.421. The first-order valence-electron chi connectivity index (χ1n) is 7.78. The van der Waals surface area contributed by atoms with E-state index in [1.165, 1.54) is 11.1 Å². The second-order valence-electron chi connectivity index (χ2n) is 5.09. The zero-order valence-electron chi connectivity index (χ0n) is 13.1. The van der Waals surface area contributed by atoms with Gasteiger partial charge in [0.2, 0.25) is 0 Å². The van der Waals surface area contributed by atoms with Crippen LogP contribution in [0.5, 0.6) is 5.75 Å². The molecular weight excluding hydrogens is 274 g/mol. The molecule has 0 N–H and O–H groups in total. The molecule has 3 heteroatoms. The minimum Gasteiger partial charge on any atom is -0.488 e. The van der Waals surface area contributed by atoms with Gasteiger partial charge in [0.25, 0.3) is 0 Å². The third kappa shape index (κ3) is 6.00. The van der Waals surface area contributed by atoms with Gasteiger partial charge in [0.15, 0.2) is 0 Å². The lowest BCUT2D eigenvalue weighted by atomic mass is 10.1. The van der Waals surface area contributed by atoms with Gasteiger partial charge in [-0.05, 0) is 36.1 Å². The quantitative estimate of drug-likeness (QED) is 0.389. The molecule has 2 rings (SSSR count). The van der Waals surface area contributed by atoms with E-state index in [4.69, 9.17) is 9.57 Å². The highest BCUT2D eigenvalue weighted by Gasteiger charge is 1.97. The summed E-state index contributed by atoms with van der Waals surface area (Å²) < 4.78 is 5.59. The molecule has 0 saturated heterocycles. The van der Waals surface area contributed by atoms with E-state index in [0.29, 0.717) is 13.2 Å². The van der Waals surface area contributed by atoms with Gasteiger partial charge < -0.3 is 9.57 Å². The molecule has 0 amide bonds. The summed E-state index contributed by atoms with van der Waals surface area (Å²) in [5, 5.41) is 3.85. The zero-order chi connectivity index (χ0) is 15.5. The summed E-state index contributed by atoms with van der Waals surface area (Å²) in [5.41, 5.74) is 2.59. The average Bonchev–Trinajstić information content (AvgIpc) is 2.56. The number of benzene rings is 2.